The van der Waals surface area contributed by atoms with Gasteiger partial charge in [0.15, 0.2) is 0 Å². The normalized spacial score (nSPS) is 20.0. The number of likely N-dealkylation sites (tertiary alicyclic amines) is 1. The Hall–Kier alpha value is -1.65. The molecule has 1 atom stereocenters. The third kappa shape index (κ3) is 3.92. The Labute approximate surface area is 120 Å². The number of nitrogens with two attached hydrogens (primary N) is 1. The van der Waals surface area contributed by atoms with Crippen LogP contribution < -0.4 is 5.73 Å². The number of hydrogen-bond acceptors (Lipinski definition) is 4. The summed E-state index contributed by atoms with van der Waals surface area (Å²) in [5.74, 6) is 2.01. The summed E-state index contributed by atoms with van der Waals surface area (Å²) in [4.78, 5) is 22.6. The van der Waals surface area contributed by atoms with Crippen molar-refractivity contribution in [3.05, 3.63) is 17.6 Å². The molecule has 2 rings (SSSR count). The zero-order chi connectivity index (χ0) is 14.5. The molecule has 5 nitrogen and oxygen atoms in total. The maximum Gasteiger partial charge on any atom is 0.222 e. The summed E-state index contributed by atoms with van der Waals surface area (Å²) in [7, 11) is 0. The number of rotatable bonds is 4. The van der Waals surface area contributed by atoms with Crippen molar-refractivity contribution < 1.29 is 4.79 Å². The molecule has 1 aliphatic rings. The average Bonchev–Trinajstić information content (AvgIpc) is 2.53. The first kappa shape index (κ1) is 14.8. The van der Waals surface area contributed by atoms with Gasteiger partial charge >= 0.3 is 0 Å². The van der Waals surface area contributed by atoms with E-state index in [0.717, 1.165) is 25.1 Å². The highest BCUT2D eigenvalue weighted by Gasteiger charge is 2.22. The van der Waals surface area contributed by atoms with Crippen LogP contribution in [0.3, 0.4) is 0 Å². The molecule has 0 aliphatic carbocycles. The molecule has 110 valence electrons. The van der Waals surface area contributed by atoms with E-state index in [1.54, 1.807) is 6.07 Å². The molecule has 1 unspecified atom stereocenters. The first-order chi connectivity index (χ1) is 9.58. The number of carbonyl (C=O) groups excluding carboxylic acids is 1. The largest absolute Gasteiger partial charge is 0.384 e. The highest BCUT2D eigenvalue weighted by Crippen LogP contribution is 2.23. The van der Waals surface area contributed by atoms with Crippen LogP contribution in [-0.2, 0) is 11.3 Å². The maximum atomic E-state index is 12.2. The number of aryl methyl sites for hydroxylation is 1. The van der Waals surface area contributed by atoms with E-state index in [1.165, 1.54) is 12.8 Å². The van der Waals surface area contributed by atoms with Crippen LogP contribution in [0.2, 0.25) is 0 Å². The Kier molecular flexibility index (Phi) is 4.93. The number of nitrogen functional groups attached to an aromatic ring is 1. The van der Waals surface area contributed by atoms with Crippen molar-refractivity contribution in [3.8, 4) is 0 Å². The Morgan fingerprint density at radius 3 is 2.90 bits per heavy atom. The van der Waals surface area contributed by atoms with Gasteiger partial charge < -0.3 is 10.6 Å². The standard InChI is InChI=1S/C15H24N4O/c1-3-4-12-5-6-15(20)19(8-7-12)10-14-17-11(2)9-13(16)18-14/h9,12H,3-8,10H2,1-2H3,(H2,16,17,18). The van der Waals surface area contributed by atoms with Gasteiger partial charge in [-0.25, -0.2) is 9.97 Å². The Morgan fingerprint density at radius 1 is 1.40 bits per heavy atom. The van der Waals surface area contributed by atoms with Crippen LogP contribution in [0.1, 0.15) is 50.5 Å². The lowest BCUT2D eigenvalue weighted by molar-refractivity contribution is -0.131. The van der Waals surface area contributed by atoms with Gasteiger partial charge in [-0.3, -0.25) is 4.79 Å². The molecule has 1 aromatic heterocycles. The molecular formula is C15H24N4O. The second kappa shape index (κ2) is 6.68. The predicted octanol–water partition coefficient (Wildman–Crippen LogP) is 2.30. The summed E-state index contributed by atoms with van der Waals surface area (Å²) in [5, 5.41) is 0. The summed E-state index contributed by atoms with van der Waals surface area (Å²) < 4.78 is 0. The Bertz CT molecular complexity index is 455. The van der Waals surface area contributed by atoms with E-state index in [0.29, 0.717) is 30.5 Å². The molecule has 1 aromatic rings. The third-order valence-corrected chi connectivity index (χ3v) is 3.88. The van der Waals surface area contributed by atoms with Crippen LogP contribution in [0.5, 0.6) is 0 Å². The third-order valence-electron chi connectivity index (χ3n) is 3.88. The van der Waals surface area contributed by atoms with E-state index in [9.17, 15) is 4.79 Å². The van der Waals surface area contributed by atoms with Crippen molar-refractivity contribution in [2.75, 3.05) is 12.3 Å². The Morgan fingerprint density at radius 2 is 2.20 bits per heavy atom. The van der Waals surface area contributed by atoms with Crippen molar-refractivity contribution in [2.45, 2.75) is 52.5 Å². The minimum atomic E-state index is 0.215. The first-order valence-corrected chi connectivity index (χ1v) is 7.46. The SMILES string of the molecule is CCCC1CCC(=O)N(Cc2nc(C)cc(N)n2)CC1. The van der Waals surface area contributed by atoms with Gasteiger partial charge in [0.2, 0.25) is 5.91 Å². The summed E-state index contributed by atoms with van der Waals surface area (Å²) >= 11 is 0. The smallest absolute Gasteiger partial charge is 0.222 e. The van der Waals surface area contributed by atoms with Crippen molar-refractivity contribution >= 4 is 11.7 Å². The second-order valence-electron chi connectivity index (χ2n) is 5.65. The molecule has 0 radical (unpaired) electrons. The molecular weight excluding hydrogens is 252 g/mol. The van der Waals surface area contributed by atoms with E-state index in [2.05, 4.69) is 16.9 Å². The number of hydrogen-bond donors (Lipinski definition) is 1. The average molecular weight is 276 g/mol. The van der Waals surface area contributed by atoms with Crippen molar-refractivity contribution in [1.82, 2.24) is 14.9 Å². The van der Waals surface area contributed by atoms with Gasteiger partial charge in [-0.15, -0.1) is 0 Å². The second-order valence-corrected chi connectivity index (χ2v) is 5.65. The quantitative estimate of drug-likeness (QED) is 0.916. The van der Waals surface area contributed by atoms with Crippen LogP contribution in [0.4, 0.5) is 5.82 Å². The zero-order valence-electron chi connectivity index (χ0n) is 12.4. The molecule has 20 heavy (non-hydrogen) atoms. The van der Waals surface area contributed by atoms with Gasteiger partial charge in [0.05, 0.1) is 6.54 Å². The van der Waals surface area contributed by atoms with Crippen LogP contribution in [0.15, 0.2) is 6.07 Å². The lowest BCUT2D eigenvalue weighted by atomic mass is 9.96. The van der Waals surface area contributed by atoms with E-state index in [-0.39, 0.29) is 5.91 Å². The topological polar surface area (TPSA) is 72.1 Å². The molecule has 1 amide bonds. The molecule has 1 saturated heterocycles. The van der Waals surface area contributed by atoms with E-state index >= 15 is 0 Å². The molecule has 0 bridgehead atoms. The first-order valence-electron chi connectivity index (χ1n) is 7.46. The van der Waals surface area contributed by atoms with Gasteiger partial charge in [0.25, 0.3) is 0 Å². The van der Waals surface area contributed by atoms with Gasteiger partial charge in [0.1, 0.15) is 11.6 Å². The van der Waals surface area contributed by atoms with Crippen LogP contribution >= 0.6 is 0 Å². The van der Waals surface area contributed by atoms with Gasteiger partial charge in [-0.2, -0.15) is 0 Å². The molecule has 0 aromatic carbocycles. The minimum absolute atomic E-state index is 0.215. The Balaban J connectivity index is 2.02. The number of anilines is 1. The monoisotopic (exact) mass is 276 g/mol. The van der Waals surface area contributed by atoms with Crippen LogP contribution in [0.25, 0.3) is 0 Å². The highest BCUT2D eigenvalue weighted by molar-refractivity contribution is 5.76. The van der Waals surface area contributed by atoms with E-state index in [1.807, 2.05) is 11.8 Å². The fourth-order valence-corrected chi connectivity index (χ4v) is 2.85. The summed E-state index contributed by atoms with van der Waals surface area (Å²) in [6.45, 7) is 5.38. The van der Waals surface area contributed by atoms with Gasteiger partial charge in [-0.05, 0) is 25.7 Å². The molecule has 0 saturated carbocycles. The maximum absolute atomic E-state index is 12.2. The zero-order valence-corrected chi connectivity index (χ0v) is 12.4. The molecule has 2 heterocycles. The fourth-order valence-electron chi connectivity index (χ4n) is 2.85. The lowest BCUT2D eigenvalue weighted by Crippen LogP contribution is -2.30. The molecule has 0 spiro atoms. The molecule has 1 fully saturated rings. The van der Waals surface area contributed by atoms with Gasteiger partial charge in [-0.1, -0.05) is 19.8 Å². The number of aromatic nitrogens is 2. The minimum Gasteiger partial charge on any atom is -0.384 e. The predicted molar refractivity (Wildman–Crippen MR) is 78.8 cm³/mol. The highest BCUT2D eigenvalue weighted by atomic mass is 16.2. The van der Waals surface area contributed by atoms with Crippen molar-refractivity contribution in [3.63, 3.8) is 0 Å². The lowest BCUT2D eigenvalue weighted by Gasteiger charge is -2.20. The number of carbonyl (C=O) groups is 1. The van der Waals surface area contributed by atoms with Crippen LogP contribution in [-0.4, -0.2) is 27.3 Å². The summed E-state index contributed by atoms with van der Waals surface area (Å²) in [5.41, 5.74) is 6.58. The van der Waals surface area contributed by atoms with Gasteiger partial charge in [0, 0.05) is 24.7 Å². The molecule has 1 aliphatic heterocycles. The van der Waals surface area contributed by atoms with Crippen LogP contribution in [0, 0.1) is 12.8 Å². The number of amides is 1. The summed E-state index contributed by atoms with van der Waals surface area (Å²) in [6.07, 6.45) is 5.15. The van der Waals surface area contributed by atoms with E-state index < -0.39 is 0 Å². The summed E-state index contributed by atoms with van der Waals surface area (Å²) in [6, 6.07) is 1.74. The number of nitrogens with zero attached hydrogens (tertiary/aromatic N) is 3. The molecule has 5 heteroatoms. The van der Waals surface area contributed by atoms with Crippen molar-refractivity contribution in [2.24, 2.45) is 5.92 Å². The molecule has 2 N–H and O–H groups in total. The van der Waals surface area contributed by atoms with E-state index in [4.69, 9.17) is 5.73 Å². The van der Waals surface area contributed by atoms with Crippen molar-refractivity contribution in [1.29, 1.82) is 0 Å². The fraction of sp³-hybridized carbons (Fsp3) is 0.667.